The standard InChI is InChI=1S/C14H17NO4/c15-8-10-2-4-12(19-10)14(16)9-1-3-11-13(7-9)18-6-5-17-11/h1,3,7,10,12H,2,4-6,8,15H2. The summed E-state index contributed by atoms with van der Waals surface area (Å²) in [6.07, 6.45) is 1.20. The minimum absolute atomic E-state index is 0.00570. The number of fused-ring (bicyclic) bond motifs is 1. The first-order valence-corrected chi connectivity index (χ1v) is 6.57. The van der Waals surface area contributed by atoms with Crippen molar-refractivity contribution in [3.63, 3.8) is 0 Å². The third kappa shape index (κ3) is 2.43. The Morgan fingerprint density at radius 3 is 2.74 bits per heavy atom. The average Bonchev–Trinajstić information content (AvgIpc) is 2.95. The molecule has 0 spiro atoms. The van der Waals surface area contributed by atoms with Crippen molar-refractivity contribution in [2.75, 3.05) is 19.8 Å². The molecule has 0 saturated carbocycles. The van der Waals surface area contributed by atoms with Crippen LogP contribution in [0.25, 0.3) is 0 Å². The number of carbonyl (C=O) groups excluding carboxylic acids is 1. The number of nitrogens with two attached hydrogens (primary N) is 1. The van der Waals surface area contributed by atoms with Crippen molar-refractivity contribution in [3.8, 4) is 11.5 Å². The lowest BCUT2D eigenvalue weighted by molar-refractivity contribution is 0.0403. The number of ketones is 1. The highest BCUT2D eigenvalue weighted by atomic mass is 16.6. The van der Waals surface area contributed by atoms with Crippen molar-refractivity contribution >= 4 is 5.78 Å². The summed E-state index contributed by atoms with van der Waals surface area (Å²) in [7, 11) is 0. The minimum atomic E-state index is -0.379. The second-order valence-corrected chi connectivity index (χ2v) is 4.78. The van der Waals surface area contributed by atoms with Crippen LogP contribution in [0.3, 0.4) is 0 Å². The van der Waals surface area contributed by atoms with E-state index in [1.165, 1.54) is 0 Å². The molecule has 3 rings (SSSR count). The summed E-state index contributed by atoms with van der Waals surface area (Å²) in [5.41, 5.74) is 6.16. The second kappa shape index (κ2) is 5.19. The van der Waals surface area contributed by atoms with Gasteiger partial charge in [0, 0.05) is 12.1 Å². The zero-order chi connectivity index (χ0) is 13.2. The summed E-state index contributed by atoms with van der Waals surface area (Å²) in [6.45, 7) is 1.52. The molecule has 2 aliphatic heterocycles. The highest BCUT2D eigenvalue weighted by molar-refractivity contribution is 6.00. The second-order valence-electron chi connectivity index (χ2n) is 4.78. The van der Waals surface area contributed by atoms with Gasteiger partial charge in [-0.1, -0.05) is 0 Å². The van der Waals surface area contributed by atoms with E-state index in [2.05, 4.69) is 0 Å². The molecule has 2 atom stereocenters. The summed E-state index contributed by atoms with van der Waals surface area (Å²) < 4.78 is 16.5. The molecule has 2 heterocycles. The molecule has 0 bridgehead atoms. The number of benzene rings is 1. The zero-order valence-electron chi connectivity index (χ0n) is 10.6. The molecular formula is C14H17NO4. The van der Waals surface area contributed by atoms with Crippen LogP contribution in [-0.4, -0.2) is 37.7 Å². The normalized spacial score (nSPS) is 25.3. The average molecular weight is 263 g/mol. The van der Waals surface area contributed by atoms with E-state index in [9.17, 15) is 4.79 Å². The topological polar surface area (TPSA) is 70.8 Å². The molecule has 5 nitrogen and oxygen atoms in total. The Kier molecular flexibility index (Phi) is 3.40. The van der Waals surface area contributed by atoms with Crippen molar-refractivity contribution in [1.82, 2.24) is 0 Å². The van der Waals surface area contributed by atoms with Gasteiger partial charge in [-0.15, -0.1) is 0 Å². The molecule has 1 aromatic rings. The van der Waals surface area contributed by atoms with Gasteiger partial charge >= 0.3 is 0 Å². The predicted molar refractivity (Wildman–Crippen MR) is 68.7 cm³/mol. The quantitative estimate of drug-likeness (QED) is 0.828. The molecule has 2 aliphatic rings. The summed E-state index contributed by atoms with van der Waals surface area (Å²) in [5, 5.41) is 0. The first-order valence-electron chi connectivity index (χ1n) is 6.57. The fourth-order valence-corrected chi connectivity index (χ4v) is 2.45. The Morgan fingerprint density at radius 1 is 1.21 bits per heavy atom. The highest BCUT2D eigenvalue weighted by Crippen LogP contribution is 2.32. The van der Waals surface area contributed by atoms with Crippen molar-refractivity contribution < 1.29 is 19.0 Å². The maximum Gasteiger partial charge on any atom is 0.191 e. The fourth-order valence-electron chi connectivity index (χ4n) is 2.45. The minimum Gasteiger partial charge on any atom is -0.486 e. The van der Waals surface area contributed by atoms with Crippen LogP contribution in [0.2, 0.25) is 0 Å². The first kappa shape index (κ1) is 12.4. The summed E-state index contributed by atoms with van der Waals surface area (Å²) in [6, 6.07) is 5.27. The van der Waals surface area contributed by atoms with Crippen molar-refractivity contribution in [1.29, 1.82) is 0 Å². The number of carbonyl (C=O) groups is 1. The summed E-state index contributed by atoms with van der Waals surface area (Å²) >= 11 is 0. The van der Waals surface area contributed by atoms with Gasteiger partial charge in [0.25, 0.3) is 0 Å². The van der Waals surface area contributed by atoms with Gasteiger partial charge in [-0.25, -0.2) is 0 Å². The van der Waals surface area contributed by atoms with Gasteiger partial charge in [-0.3, -0.25) is 4.79 Å². The molecule has 2 N–H and O–H groups in total. The van der Waals surface area contributed by atoms with E-state index in [1.807, 2.05) is 0 Å². The Morgan fingerprint density at radius 2 is 2.00 bits per heavy atom. The number of ether oxygens (including phenoxy) is 3. The van der Waals surface area contributed by atoms with Crippen LogP contribution in [0.15, 0.2) is 18.2 Å². The maximum atomic E-state index is 12.3. The van der Waals surface area contributed by atoms with Crippen molar-refractivity contribution in [3.05, 3.63) is 23.8 Å². The molecule has 2 unspecified atom stereocenters. The molecular weight excluding hydrogens is 246 g/mol. The lowest BCUT2D eigenvalue weighted by atomic mass is 10.0. The van der Waals surface area contributed by atoms with Crippen LogP contribution in [0.4, 0.5) is 0 Å². The molecule has 0 amide bonds. The van der Waals surface area contributed by atoms with E-state index in [1.54, 1.807) is 18.2 Å². The van der Waals surface area contributed by atoms with Gasteiger partial charge in [-0.05, 0) is 31.0 Å². The van der Waals surface area contributed by atoms with Crippen LogP contribution in [0.1, 0.15) is 23.2 Å². The van der Waals surface area contributed by atoms with Crippen LogP contribution in [-0.2, 0) is 4.74 Å². The highest BCUT2D eigenvalue weighted by Gasteiger charge is 2.31. The van der Waals surface area contributed by atoms with E-state index in [0.717, 1.165) is 12.8 Å². The Labute approximate surface area is 111 Å². The van der Waals surface area contributed by atoms with Gasteiger partial charge in [0.15, 0.2) is 17.3 Å². The number of Topliss-reactive ketones (excluding diaryl/α,β-unsaturated/α-hetero) is 1. The van der Waals surface area contributed by atoms with E-state index in [-0.39, 0.29) is 18.0 Å². The Hall–Kier alpha value is -1.59. The maximum absolute atomic E-state index is 12.3. The number of hydrogen-bond acceptors (Lipinski definition) is 5. The van der Waals surface area contributed by atoms with Crippen LogP contribution in [0.5, 0.6) is 11.5 Å². The third-order valence-electron chi connectivity index (χ3n) is 3.49. The van der Waals surface area contributed by atoms with E-state index < -0.39 is 0 Å². The lowest BCUT2D eigenvalue weighted by Gasteiger charge is -2.19. The molecule has 5 heteroatoms. The van der Waals surface area contributed by atoms with Gasteiger partial charge in [0.05, 0.1) is 6.10 Å². The molecule has 1 fully saturated rings. The molecule has 102 valence electrons. The molecule has 19 heavy (non-hydrogen) atoms. The number of rotatable bonds is 3. The molecule has 1 saturated heterocycles. The molecule has 0 aromatic heterocycles. The molecule has 0 radical (unpaired) electrons. The molecule has 0 aliphatic carbocycles. The fraction of sp³-hybridized carbons (Fsp3) is 0.500. The Balaban J connectivity index is 1.77. The Bertz CT molecular complexity index is 488. The van der Waals surface area contributed by atoms with Gasteiger partial charge in [-0.2, -0.15) is 0 Å². The predicted octanol–water partition coefficient (Wildman–Crippen LogP) is 1.15. The van der Waals surface area contributed by atoms with Gasteiger partial charge < -0.3 is 19.9 Å². The van der Waals surface area contributed by atoms with E-state index in [4.69, 9.17) is 19.9 Å². The van der Waals surface area contributed by atoms with Gasteiger partial charge in [0.2, 0.25) is 0 Å². The van der Waals surface area contributed by atoms with Crippen molar-refractivity contribution in [2.45, 2.75) is 25.0 Å². The van der Waals surface area contributed by atoms with Crippen molar-refractivity contribution in [2.24, 2.45) is 5.73 Å². The monoisotopic (exact) mass is 263 g/mol. The SMILES string of the molecule is NCC1CCC(C(=O)c2ccc3c(c2)OCCO3)O1. The van der Waals surface area contributed by atoms with Crippen LogP contribution in [0, 0.1) is 0 Å². The van der Waals surface area contributed by atoms with Crippen LogP contribution >= 0.6 is 0 Å². The summed E-state index contributed by atoms with van der Waals surface area (Å²) in [4.78, 5) is 12.3. The third-order valence-corrected chi connectivity index (χ3v) is 3.49. The lowest BCUT2D eigenvalue weighted by Crippen LogP contribution is -2.25. The first-order chi connectivity index (χ1) is 9.28. The van der Waals surface area contributed by atoms with E-state index in [0.29, 0.717) is 36.8 Å². The van der Waals surface area contributed by atoms with E-state index >= 15 is 0 Å². The summed E-state index contributed by atoms with van der Waals surface area (Å²) in [5.74, 6) is 1.31. The molecule has 1 aromatic carbocycles. The van der Waals surface area contributed by atoms with Gasteiger partial charge in [0.1, 0.15) is 19.3 Å². The number of hydrogen-bond donors (Lipinski definition) is 1. The zero-order valence-corrected chi connectivity index (χ0v) is 10.6. The largest absolute Gasteiger partial charge is 0.486 e. The van der Waals surface area contributed by atoms with Crippen LogP contribution < -0.4 is 15.2 Å². The smallest absolute Gasteiger partial charge is 0.191 e.